The largest absolute Gasteiger partial charge is 0.206 e. The van der Waals surface area contributed by atoms with Crippen LogP contribution in [0.2, 0.25) is 0 Å². The van der Waals surface area contributed by atoms with E-state index in [-0.39, 0.29) is 5.82 Å². The van der Waals surface area contributed by atoms with E-state index in [0.717, 1.165) is 34.4 Å². The average molecular weight is 357 g/mol. The van der Waals surface area contributed by atoms with Crippen LogP contribution in [0.25, 0.3) is 11.1 Å². The van der Waals surface area contributed by atoms with Crippen LogP contribution >= 0.6 is 12.2 Å². The molecule has 0 amide bonds. The lowest BCUT2D eigenvalue weighted by atomic mass is 10.0. The molecular formula is C23H16FNS. The highest BCUT2D eigenvalue weighted by Gasteiger charge is 2.01. The second kappa shape index (κ2) is 8.36. The van der Waals surface area contributed by atoms with Crippen LogP contribution < -0.4 is 0 Å². The Labute approximate surface area is 158 Å². The number of thiocarbonyl (C=S) groups is 1. The molecule has 0 heterocycles. The third kappa shape index (κ3) is 4.32. The van der Waals surface area contributed by atoms with Crippen LogP contribution in [0.5, 0.6) is 0 Å². The van der Waals surface area contributed by atoms with Gasteiger partial charge in [0.05, 0.1) is 16.4 Å². The van der Waals surface area contributed by atoms with E-state index in [4.69, 9.17) is 0 Å². The number of aryl methyl sites for hydroxylation is 1. The number of rotatable bonds is 3. The number of benzene rings is 3. The van der Waals surface area contributed by atoms with Crippen molar-refractivity contribution in [2.45, 2.75) is 13.3 Å². The topological polar surface area (TPSA) is 12.4 Å². The van der Waals surface area contributed by atoms with Gasteiger partial charge in [0.2, 0.25) is 0 Å². The first-order chi connectivity index (χ1) is 12.7. The lowest BCUT2D eigenvalue weighted by Gasteiger charge is -2.02. The van der Waals surface area contributed by atoms with E-state index in [9.17, 15) is 4.39 Å². The Morgan fingerprint density at radius 3 is 2.12 bits per heavy atom. The zero-order chi connectivity index (χ0) is 18.4. The van der Waals surface area contributed by atoms with E-state index < -0.39 is 0 Å². The van der Waals surface area contributed by atoms with Crippen LogP contribution in [0.3, 0.4) is 0 Å². The maximum absolute atomic E-state index is 14.0. The second-order valence-corrected chi connectivity index (χ2v) is 5.93. The summed E-state index contributed by atoms with van der Waals surface area (Å²) in [5.41, 5.74) is 5.17. The Kier molecular flexibility index (Phi) is 5.71. The minimum Gasteiger partial charge on any atom is -0.206 e. The van der Waals surface area contributed by atoms with Crippen molar-refractivity contribution in [2.75, 3.05) is 0 Å². The van der Waals surface area contributed by atoms with E-state index in [1.807, 2.05) is 61.5 Å². The van der Waals surface area contributed by atoms with Crippen LogP contribution in [0.1, 0.15) is 23.6 Å². The minimum absolute atomic E-state index is 0.271. The molecule has 0 saturated carbocycles. The van der Waals surface area contributed by atoms with E-state index in [1.165, 1.54) is 0 Å². The molecule has 0 saturated heterocycles. The van der Waals surface area contributed by atoms with Crippen molar-refractivity contribution in [1.82, 2.24) is 0 Å². The average Bonchev–Trinajstić information content (AvgIpc) is 2.68. The molecule has 0 aromatic heterocycles. The zero-order valence-electron chi connectivity index (χ0n) is 14.3. The predicted molar refractivity (Wildman–Crippen MR) is 108 cm³/mol. The van der Waals surface area contributed by atoms with Crippen LogP contribution in [0, 0.1) is 17.7 Å². The normalized spacial score (nSPS) is 9.77. The summed E-state index contributed by atoms with van der Waals surface area (Å²) in [7, 11) is 0. The summed E-state index contributed by atoms with van der Waals surface area (Å²) in [5, 5.41) is 2.35. The fourth-order valence-corrected chi connectivity index (χ4v) is 2.65. The quantitative estimate of drug-likeness (QED) is 0.309. The first-order valence-electron chi connectivity index (χ1n) is 8.28. The molecule has 126 valence electrons. The van der Waals surface area contributed by atoms with Crippen molar-refractivity contribution in [1.29, 1.82) is 0 Å². The molecule has 3 rings (SSSR count). The molecule has 0 unspecified atom stereocenters. The summed E-state index contributed by atoms with van der Waals surface area (Å²) in [6, 6.07) is 20.8. The van der Waals surface area contributed by atoms with Gasteiger partial charge >= 0.3 is 0 Å². The van der Waals surface area contributed by atoms with Gasteiger partial charge in [0.1, 0.15) is 5.82 Å². The molecule has 0 N–H and O–H groups in total. The van der Waals surface area contributed by atoms with E-state index in [0.29, 0.717) is 5.56 Å². The molecule has 0 fully saturated rings. The Balaban J connectivity index is 1.79. The van der Waals surface area contributed by atoms with Gasteiger partial charge in [0.15, 0.2) is 0 Å². The molecule has 0 bridgehead atoms. The molecular weight excluding hydrogens is 341 g/mol. The predicted octanol–water partition coefficient (Wildman–Crippen LogP) is 6.19. The second-order valence-electron chi connectivity index (χ2n) is 5.75. The Morgan fingerprint density at radius 1 is 0.885 bits per heavy atom. The summed E-state index contributed by atoms with van der Waals surface area (Å²) in [5.74, 6) is 5.66. The first-order valence-corrected chi connectivity index (χ1v) is 8.69. The van der Waals surface area contributed by atoms with E-state index >= 15 is 0 Å². The molecule has 3 aromatic carbocycles. The van der Waals surface area contributed by atoms with Crippen molar-refractivity contribution in [3.05, 3.63) is 89.2 Å². The molecule has 26 heavy (non-hydrogen) atoms. The number of hydrogen-bond donors (Lipinski definition) is 0. The van der Waals surface area contributed by atoms with Gasteiger partial charge in [0.25, 0.3) is 0 Å². The highest BCUT2D eigenvalue weighted by molar-refractivity contribution is 7.78. The van der Waals surface area contributed by atoms with Gasteiger partial charge in [0, 0.05) is 5.56 Å². The molecule has 1 nitrogen and oxygen atoms in total. The third-order valence-corrected chi connectivity index (χ3v) is 4.13. The number of hydrogen-bond acceptors (Lipinski definition) is 2. The molecule has 0 aliphatic rings. The van der Waals surface area contributed by atoms with E-state index in [2.05, 4.69) is 34.2 Å². The Morgan fingerprint density at radius 2 is 1.54 bits per heavy atom. The fourth-order valence-electron chi connectivity index (χ4n) is 2.55. The number of isothiocyanates is 1. The molecule has 0 atom stereocenters. The van der Waals surface area contributed by atoms with Crippen molar-refractivity contribution in [3.63, 3.8) is 0 Å². The fraction of sp³-hybridized carbons (Fsp3) is 0.0870. The molecule has 0 aliphatic carbocycles. The number of nitrogens with zero attached hydrogens (tertiary/aromatic N) is 1. The van der Waals surface area contributed by atoms with Crippen LogP contribution in [-0.4, -0.2) is 5.16 Å². The highest BCUT2D eigenvalue weighted by Crippen LogP contribution is 2.22. The van der Waals surface area contributed by atoms with Gasteiger partial charge < -0.3 is 0 Å². The Bertz CT molecular complexity index is 1020. The molecule has 3 aromatic rings. The summed E-state index contributed by atoms with van der Waals surface area (Å²) in [4.78, 5) is 3.94. The summed E-state index contributed by atoms with van der Waals surface area (Å²) in [6.45, 7) is 2.00. The highest BCUT2D eigenvalue weighted by atomic mass is 32.1. The smallest absolute Gasteiger partial charge is 0.139 e. The van der Waals surface area contributed by atoms with Crippen molar-refractivity contribution >= 4 is 23.1 Å². The lowest BCUT2D eigenvalue weighted by Crippen LogP contribution is -1.87. The van der Waals surface area contributed by atoms with Crippen molar-refractivity contribution in [2.24, 2.45) is 4.99 Å². The molecule has 3 heteroatoms. The van der Waals surface area contributed by atoms with Gasteiger partial charge in [-0.15, -0.1) is 0 Å². The van der Waals surface area contributed by atoms with Crippen LogP contribution in [0.15, 0.2) is 71.7 Å². The number of aliphatic imine (C=N–C) groups is 1. The van der Waals surface area contributed by atoms with Gasteiger partial charge in [-0.2, -0.15) is 4.99 Å². The minimum atomic E-state index is -0.271. The van der Waals surface area contributed by atoms with Crippen molar-refractivity contribution < 1.29 is 4.39 Å². The summed E-state index contributed by atoms with van der Waals surface area (Å²) < 4.78 is 14.0. The number of halogens is 1. The first kappa shape index (κ1) is 17.8. The van der Waals surface area contributed by atoms with Gasteiger partial charge in [-0.1, -0.05) is 49.1 Å². The maximum Gasteiger partial charge on any atom is 0.139 e. The summed E-state index contributed by atoms with van der Waals surface area (Å²) in [6.07, 6.45) is 0.810. The monoisotopic (exact) mass is 357 g/mol. The van der Waals surface area contributed by atoms with Gasteiger partial charge in [-0.05, 0) is 71.7 Å². The standard InChI is InChI=1S/C23H16FNS/c1-2-17-3-9-21(23(24)15-17)10-6-18-4-7-19(8-5-18)20-11-13-22(14-12-20)25-16-26/h3-5,7-9,11-15H,2H2,1H3. The van der Waals surface area contributed by atoms with Gasteiger partial charge in [-0.3, -0.25) is 0 Å². The van der Waals surface area contributed by atoms with Crippen LogP contribution in [-0.2, 0) is 6.42 Å². The summed E-state index contributed by atoms with van der Waals surface area (Å²) >= 11 is 4.60. The third-order valence-electron chi connectivity index (χ3n) is 4.04. The lowest BCUT2D eigenvalue weighted by molar-refractivity contribution is 0.622. The zero-order valence-corrected chi connectivity index (χ0v) is 15.1. The molecule has 0 radical (unpaired) electrons. The molecule has 0 aliphatic heterocycles. The van der Waals surface area contributed by atoms with Crippen molar-refractivity contribution in [3.8, 4) is 23.0 Å². The van der Waals surface area contributed by atoms with E-state index in [1.54, 1.807) is 12.1 Å². The van der Waals surface area contributed by atoms with Gasteiger partial charge in [-0.25, -0.2) is 4.39 Å². The SMILES string of the molecule is CCc1ccc(C#Cc2ccc(-c3ccc(N=C=S)cc3)cc2)c(F)c1. The molecule has 0 spiro atoms. The maximum atomic E-state index is 14.0. The Hall–Kier alpha value is -3.05. The van der Waals surface area contributed by atoms with Crippen LogP contribution in [0.4, 0.5) is 10.1 Å².